The van der Waals surface area contributed by atoms with E-state index < -0.39 is 0 Å². The van der Waals surface area contributed by atoms with E-state index in [2.05, 4.69) is 24.4 Å². The third-order valence-electron chi connectivity index (χ3n) is 4.36. The number of ketones is 1. The quantitative estimate of drug-likeness (QED) is 0.848. The highest BCUT2D eigenvalue weighted by Crippen LogP contribution is 2.36. The zero-order chi connectivity index (χ0) is 13.6. The fourth-order valence-corrected chi connectivity index (χ4v) is 3.22. The first-order valence-corrected chi connectivity index (χ1v) is 7.55. The van der Waals surface area contributed by atoms with Gasteiger partial charge in [-0.1, -0.05) is 43.7 Å². The first-order chi connectivity index (χ1) is 9.27. The minimum atomic E-state index is -0.0330. The van der Waals surface area contributed by atoms with E-state index in [1.807, 2.05) is 18.2 Å². The Balaban J connectivity index is 1.96. The molecule has 1 heterocycles. The van der Waals surface area contributed by atoms with Gasteiger partial charge in [0.2, 0.25) is 0 Å². The van der Waals surface area contributed by atoms with E-state index in [1.165, 1.54) is 5.56 Å². The van der Waals surface area contributed by atoms with Gasteiger partial charge in [-0.05, 0) is 44.3 Å². The Hall–Kier alpha value is -1.15. The van der Waals surface area contributed by atoms with Crippen molar-refractivity contribution >= 4 is 5.78 Å². The van der Waals surface area contributed by atoms with Gasteiger partial charge in [0.25, 0.3) is 0 Å². The maximum atomic E-state index is 12.7. The average Bonchev–Trinajstić information content (AvgIpc) is 2.47. The Morgan fingerprint density at radius 1 is 1.21 bits per heavy atom. The van der Waals surface area contributed by atoms with Gasteiger partial charge in [-0.2, -0.15) is 0 Å². The zero-order valence-electron chi connectivity index (χ0n) is 12.0. The highest BCUT2D eigenvalue weighted by molar-refractivity contribution is 5.85. The van der Waals surface area contributed by atoms with Gasteiger partial charge in [0.05, 0.1) is 0 Å². The number of piperidine rings is 1. The third kappa shape index (κ3) is 3.66. The average molecular weight is 259 g/mol. The molecule has 1 aliphatic rings. The number of benzene rings is 1. The summed E-state index contributed by atoms with van der Waals surface area (Å²) in [5.74, 6) is 0.486. The lowest BCUT2D eigenvalue weighted by molar-refractivity contribution is -0.130. The molecule has 0 aromatic heterocycles. The number of carbonyl (C=O) groups is 1. The molecule has 19 heavy (non-hydrogen) atoms. The van der Waals surface area contributed by atoms with Crippen LogP contribution in [0.1, 0.15) is 44.6 Å². The second-order valence-electron chi connectivity index (χ2n) is 5.69. The van der Waals surface area contributed by atoms with Crippen LogP contribution in [0.3, 0.4) is 0 Å². The number of carbonyl (C=O) groups excluding carboxylic acids is 1. The van der Waals surface area contributed by atoms with Crippen LogP contribution in [-0.4, -0.2) is 18.9 Å². The molecular formula is C17H25NO. The molecule has 2 nitrogen and oxygen atoms in total. The summed E-state index contributed by atoms with van der Waals surface area (Å²) in [5.41, 5.74) is 1.24. The number of nitrogens with one attached hydrogen (secondary N) is 1. The molecule has 104 valence electrons. The first-order valence-electron chi connectivity index (χ1n) is 7.55. The molecule has 1 aliphatic heterocycles. The highest BCUT2D eigenvalue weighted by atomic mass is 16.1. The molecule has 0 atom stereocenters. The molecule has 2 rings (SSSR count). The summed E-state index contributed by atoms with van der Waals surface area (Å²) >= 11 is 0. The molecule has 2 heteroatoms. The van der Waals surface area contributed by atoms with Crippen LogP contribution in [0.2, 0.25) is 0 Å². The van der Waals surface area contributed by atoms with Crippen LogP contribution < -0.4 is 5.32 Å². The smallest absolute Gasteiger partial charge is 0.139 e. The monoisotopic (exact) mass is 259 g/mol. The Morgan fingerprint density at radius 2 is 1.89 bits per heavy atom. The molecule has 0 aliphatic carbocycles. The van der Waals surface area contributed by atoms with Crippen molar-refractivity contribution in [1.29, 1.82) is 0 Å². The molecule has 0 saturated carbocycles. The summed E-state index contributed by atoms with van der Waals surface area (Å²) in [6.07, 6.45) is 5.80. The topological polar surface area (TPSA) is 29.1 Å². The van der Waals surface area contributed by atoms with Crippen LogP contribution in [0.15, 0.2) is 30.3 Å². The van der Waals surface area contributed by atoms with E-state index in [9.17, 15) is 4.79 Å². The minimum absolute atomic E-state index is 0.0330. The largest absolute Gasteiger partial charge is 0.317 e. The summed E-state index contributed by atoms with van der Waals surface area (Å²) in [6.45, 7) is 4.18. The number of Topliss-reactive ketones (excluding diaryl/α,β-unsaturated/α-hetero) is 1. The van der Waals surface area contributed by atoms with E-state index >= 15 is 0 Å². The van der Waals surface area contributed by atoms with E-state index in [4.69, 9.17) is 0 Å². The Kier molecular flexibility index (Phi) is 5.15. The molecule has 0 bridgehead atoms. The van der Waals surface area contributed by atoms with Gasteiger partial charge in [0.15, 0.2) is 0 Å². The SMILES string of the molecule is CCCC1(C(=O)CCc2ccccc2)CCNCC1. The molecule has 1 aromatic rings. The van der Waals surface area contributed by atoms with Crippen molar-refractivity contribution < 1.29 is 4.79 Å². The minimum Gasteiger partial charge on any atom is -0.317 e. The van der Waals surface area contributed by atoms with Crippen LogP contribution in [0.4, 0.5) is 0 Å². The van der Waals surface area contributed by atoms with Crippen LogP contribution in [0.5, 0.6) is 0 Å². The van der Waals surface area contributed by atoms with Crippen molar-refractivity contribution in [3.05, 3.63) is 35.9 Å². The van der Waals surface area contributed by atoms with Crippen LogP contribution in [-0.2, 0) is 11.2 Å². The van der Waals surface area contributed by atoms with E-state index in [0.29, 0.717) is 12.2 Å². The zero-order valence-corrected chi connectivity index (χ0v) is 12.0. The number of aryl methyl sites for hydroxylation is 1. The van der Waals surface area contributed by atoms with Gasteiger partial charge in [0, 0.05) is 11.8 Å². The van der Waals surface area contributed by atoms with Crippen molar-refractivity contribution in [3.63, 3.8) is 0 Å². The van der Waals surface area contributed by atoms with Gasteiger partial charge in [-0.15, -0.1) is 0 Å². The molecule has 0 spiro atoms. The maximum Gasteiger partial charge on any atom is 0.139 e. The predicted octanol–water partition coefficient (Wildman–Crippen LogP) is 3.36. The maximum absolute atomic E-state index is 12.7. The van der Waals surface area contributed by atoms with Gasteiger partial charge >= 0.3 is 0 Å². The lowest BCUT2D eigenvalue weighted by atomic mass is 9.71. The first kappa shape index (κ1) is 14.3. The summed E-state index contributed by atoms with van der Waals surface area (Å²) in [5, 5.41) is 3.37. The molecule has 1 fully saturated rings. The van der Waals surface area contributed by atoms with Gasteiger partial charge < -0.3 is 5.32 Å². The second-order valence-corrected chi connectivity index (χ2v) is 5.69. The Labute approximate surface area is 116 Å². The molecule has 1 aromatic carbocycles. The standard InChI is InChI=1S/C17H25NO/c1-2-10-17(11-13-18-14-12-17)16(19)9-8-15-6-4-3-5-7-15/h3-7,18H,2,8-14H2,1H3. The number of rotatable bonds is 6. The normalized spacial score (nSPS) is 18.2. The second kappa shape index (κ2) is 6.85. The highest BCUT2D eigenvalue weighted by Gasteiger charge is 2.37. The van der Waals surface area contributed by atoms with Crippen molar-refractivity contribution in [3.8, 4) is 0 Å². The van der Waals surface area contributed by atoms with Crippen molar-refractivity contribution in [2.75, 3.05) is 13.1 Å². The van der Waals surface area contributed by atoms with Crippen molar-refractivity contribution in [2.24, 2.45) is 5.41 Å². The molecule has 0 unspecified atom stereocenters. The number of hydrogen-bond donors (Lipinski definition) is 1. The van der Waals surface area contributed by atoms with Crippen LogP contribution in [0.25, 0.3) is 0 Å². The molecule has 0 radical (unpaired) electrons. The van der Waals surface area contributed by atoms with Gasteiger partial charge in [0.1, 0.15) is 5.78 Å². The fraction of sp³-hybridized carbons (Fsp3) is 0.588. The predicted molar refractivity (Wildman–Crippen MR) is 79.2 cm³/mol. The summed E-state index contributed by atoms with van der Waals surface area (Å²) < 4.78 is 0. The molecule has 0 amide bonds. The van der Waals surface area contributed by atoms with Gasteiger partial charge in [-0.25, -0.2) is 0 Å². The third-order valence-corrected chi connectivity index (χ3v) is 4.36. The Bertz CT molecular complexity index is 387. The van der Waals surface area contributed by atoms with Crippen LogP contribution >= 0.6 is 0 Å². The molecule has 1 saturated heterocycles. The molecule has 1 N–H and O–H groups in total. The van der Waals surface area contributed by atoms with E-state index in [0.717, 1.165) is 45.2 Å². The van der Waals surface area contributed by atoms with E-state index in [-0.39, 0.29) is 5.41 Å². The summed E-state index contributed by atoms with van der Waals surface area (Å²) in [7, 11) is 0. The lowest BCUT2D eigenvalue weighted by Crippen LogP contribution is -2.42. The van der Waals surface area contributed by atoms with Gasteiger partial charge in [-0.3, -0.25) is 4.79 Å². The fourth-order valence-electron chi connectivity index (χ4n) is 3.22. The lowest BCUT2D eigenvalue weighted by Gasteiger charge is -2.36. The summed E-state index contributed by atoms with van der Waals surface area (Å²) in [4.78, 5) is 12.7. The Morgan fingerprint density at radius 3 is 2.53 bits per heavy atom. The van der Waals surface area contributed by atoms with Crippen molar-refractivity contribution in [2.45, 2.75) is 45.4 Å². The molecular weight excluding hydrogens is 234 g/mol. The van der Waals surface area contributed by atoms with Crippen molar-refractivity contribution in [1.82, 2.24) is 5.32 Å². The van der Waals surface area contributed by atoms with Crippen LogP contribution in [0, 0.1) is 5.41 Å². The van der Waals surface area contributed by atoms with E-state index in [1.54, 1.807) is 0 Å². The number of hydrogen-bond acceptors (Lipinski definition) is 2. The summed E-state index contributed by atoms with van der Waals surface area (Å²) in [6, 6.07) is 10.3.